The van der Waals surface area contributed by atoms with Crippen molar-refractivity contribution in [2.75, 3.05) is 0 Å². The molecular weight excluding hydrogens is 242 g/mol. The van der Waals surface area contributed by atoms with Gasteiger partial charge >= 0.3 is 5.97 Å². The van der Waals surface area contributed by atoms with Crippen molar-refractivity contribution >= 4 is 16.7 Å². The molecule has 0 atom stereocenters. The van der Waals surface area contributed by atoms with Crippen molar-refractivity contribution in [3.63, 3.8) is 0 Å². The fraction of sp³-hybridized carbons (Fsp3) is 0.333. The highest BCUT2D eigenvalue weighted by Crippen LogP contribution is 2.20. The van der Waals surface area contributed by atoms with Crippen LogP contribution in [0.5, 0.6) is 0 Å². The highest BCUT2D eigenvalue weighted by atomic mass is 16.5. The van der Waals surface area contributed by atoms with Crippen molar-refractivity contribution in [1.29, 1.82) is 0 Å². The normalized spacial score (nSPS) is 11.1. The molecule has 0 spiro atoms. The van der Waals surface area contributed by atoms with Gasteiger partial charge in [0.05, 0.1) is 19.1 Å². The number of nitrogens with zero attached hydrogens (tertiary/aromatic N) is 1. The van der Waals surface area contributed by atoms with E-state index in [0.717, 1.165) is 21.9 Å². The summed E-state index contributed by atoms with van der Waals surface area (Å²) in [6, 6.07) is 5.92. The smallest absolute Gasteiger partial charge is 0.307 e. The molecule has 0 radical (unpaired) electrons. The number of benzene rings is 1. The summed E-state index contributed by atoms with van der Waals surface area (Å²) < 4.78 is 5.57. The fourth-order valence-corrected chi connectivity index (χ4v) is 1.93. The molecule has 1 aromatic heterocycles. The van der Waals surface area contributed by atoms with Gasteiger partial charge in [0.2, 0.25) is 0 Å². The number of pyridine rings is 1. The van der Waals surface area contributed by atoms with Gasteiger partial charge in [0.1, 0.15) is 0 Å². The van der Waals surface area contributed by atoms with E-state index in [9.17, 15) is 4.79 Å². The van der Waals surface area contributed by atoms with E-state index in [1.807, 2.05) is 32.0 Å². The molecule has 4 nitrogen and oxygen atoms in total. The van der Waals surface area contributed by atoms with Gasteiger partial charge in [-0.05, 0) is 36.4 Å². The van der Waals surface area contributed by atoms with Crippen molar-refractivity contribution in [3.8, 4) is 0 Å². The summed E-state index contributed by atoms with van der Waals surface area (Å²) in [6.45, 7) is 4.50. The van der Waals surface area contributed by atoms with Gasteiger partial charge in [-0.2, -0.15) is 0 Å². The molecule has 0 aliphatic rings. The zero-order valence-corrected chi connectivity index (χ0v) is 11.1. The quantitative estimate of drug-likeness (QED) is 0.897. The minimum atomic E-state index is -0.849. The third-order valence-electron chi connectivity index (χ3n) is 2.83. The average molecular weight is 259 g/mol. The van der Waals surface area contributed by atoms with Crippen LogP contribution in [0.1, 0.15) is 25.0 Å². The Hall–Kier alpha value is -1.94. The number of hydrogen-bond acceptors (Lipinski definition) is 3. The van der Waals surface area contributed by atoms with Gasteiger partial charge in [-0.15, -0.1) is 0 Å². The van der Waals surface area contributed by atoms with Crippen LogP contribution in [0, 0.1) is 0 Å². The van der Waals surface area contributed by atoms with Gasteiger partial charge in [0.15, 0.2) is 0 Å². The molecular formula is C15H17NO3. The fourth-order valence-electron chi connectivity index (χ4n) is 1.93. The summed E-state index contributed by atoms with van der Waals surface area (Å²) in [6.07, 6.45) is 3.52. The van der Waals surface area contributed by atoms with E-state index in [0.29, 0.717) is 6.61 Å². The number of hydrogen-bond donors (Lipinski definition) is 1. The maximum absolute atomic E-state index is 10.9. The first-order valence-corrected chi connectivity index (χ1v) is 6.25. The second-order valence-corrected chi connectivity index (χ2v) is 4.78. The minimum absolute atomic E-state index is 0.0150. The van der Waals surface area contributed by atoms with Gasteiger partial charge in [0, 0.05) is 17.8 Å². The summed E-state index contributed by atoms with van der Waals surface area (Å²) in [5.41, 5.74) is 1.77. The molecule has 1 heterocycles. The highest BCUT2D eigenvalue weighted by Gasteiger charge is 2.07. The van der Waals surface area contributed by atoms with Gasteiger partial charge in [-0.3, -0.25) is 9.78 Å². The van der Waals surface area contributed by atoms with Crippen LogP contribution in [0.15, 0.2) is 30.6 Å². The molecule has 4 heteroatoms. The van der Waals surface area contributed by atoms with E-state index < -0.39 is 5.97 Å². The second kappa shape index (κ2) is 5.80. The minimum Gasteiger partial charge on any atom is -0.481 e. The van der Waals surface area contributed by atoms with E-state index >= 15 is 0 Å². The standard InChI is InChI=1S/C15H17NO3/c1-10(2)19-9-11-3-4-12-7-16-8-13(6-15(17)18)14(12)5-11/h3-5,7-8,10H,6,9H2,1-2H3,(H,17,18). The van der Waals surface area contributed by atoms with Crippen molar-refractivity contribution in [2.45, 2.75) is 33.0 Å². The maximum Gasteiger partial charge on any atom is 0.307 e. The summed E-state index contributed by atoms with van der Waals surface area (Å²) in [5, 5.41) is 10.8. The van der Waals surface area contributed by atoms with Crippen molar-refractivity contribution in [3.05, 3.63) is 41.7 Å². The number of carbonyl (C=O) groups is 1. The topological polar surface area (TPSA) is 59.4 Å². The molecule has 0 unspecified atom stereocenters. The Kier molecular flexibility index (Phi) is 4.12. The molecule has 0 aliphatic heterocycles. The van der Waals surface area contributed by atoms with Crippen LogP contribution in [0.25, 0.3) is 10.8 Å². The molecule has 2 aromatic rings. The van der Waals surface area contributed by atoms with Crippen LogP contribution < -0.4 is 0 Å². The van der Waals surface area contributed by atoms with Gasteiger partial charge < -0.3 is 9.84 Å². The Morgan fingerprint density at radius 1 is 1.37 bits per heavy atom. The number of rotatable bonds is 5. The summed E-state index contributed by atoms with van der Waals surface area (Å²) in [4.78, 5) is 14.9. The lowest BCUT2D eigenvalue weighted by atomic mass is 10.0. The summed E-state index contributed by atoms with van der Waals surface area (Å²) in [7, 11) is 0. The molecule has 0 saturated carbocycles. The third-order valence-corrected chi connectivity index (χ3v) is 2.83. The number of aliphatic carboxylic acids is 1. The van der Waals surface area contributed by atoms with Crippen LogP contribution in [-0.4, -0.2) is 22.2 Å². The molecule has 0 fully saturated rings. The SMILES string of the molecule is CC(C)OCc1ccc2cncc(CC(=O)O)c2c1. The molecule has 2 rings (SSSR count). The van der Waals surface area contributed by atoms with Gasteiger partial charge in [-0.1, -0.05) is 12.1 Å². The van der Waals surface area contributed by atoms with E-state index in [1.165, 1.54) is 0 Å². The van der Waals surface area contributed by atoms with Crippen LogP contribution in [-0.2, 0) is 22.6 Å². The van der Waals surface area contributed by atoms with Crippen molar-refractivity contribution in [1.82, 2.24) is 4.98 Å². The Morgan fingerprint density at radius 2 is 2.16 bits per heavy atom. The van der Waals surface area contributed by atoms with Crippen molar-refractivity contribution < 1.29 is 14.6 Å². The van der Waals surface area contributed by atoms with E-state index in [4.69, 9.17) is 9.84 Å². The number of fused-ring (bicyclic) bond motifs is 1. The van der Waals surface area contributed by atoms with Gasteiger partial charge in [-0.25, -0.2) is 0 Å². The Balaban J connectivity index is 2.35. The molecule has 0 bridgehead atoms. The van der Waals surface area contributed by atoms with Crippen LogP contribution in [0.4, 0.5) is 0 Å². The molecule has 1 N–H and O–H groups in total. The number of aromatic nitrogens is 1. The Morgan fingerprint density at radius 3 is 2.84 bits per heavy atom. The first kappa shape index (κ1) is 13.5. The molecule has 100 valence electrons. The Bertz CT molecular complexity index is 593. The first-order valence-electron chi connectivity index (χ1n) is 6.25. The van der Waals surface area contributed by atoms with E-state index in [-0.39, 0.29) is 12.5 Å². The predicted molar refractivity (Wildman–Crippen MR) is 73.0 cm³/mol. The molecule has 19 heavy (non-hydrogen) atoms. The summed E-state index contributed by atoms with van der Waals surface area (Å²) in [5.74, 6) is -0.849. The lowest BCUT2D eigenvalue weighted by Crippen LogP contribution is -2.03. The van der Waals surface area contributed by atoms with E-state index in [1.54, 1.807) is 12.4 Å². The molecule has 0 amide bonds. The summed E-state index contributed by atoms with van der Waals surface area (Å²) >= 11 is 0. The maximum atomic E-state index is 10.9. The van der Waals surface area contributed by atoms with Crippen LogP contribution >= 0.6 is 0 Å². The number of ether oxygens (including phenoxy) is 1. The highest BCUT2D eigenvalue weighted by molar-refractivity contribution is 5.88. The zero-order chi connectivity index (χ0) is 13.8. The van der Waals surface area contributed by atoms with Crippen LogP contribution in [0.3, 0.4) is 0 Å². The van der Waals surface area contributed by atoms with E-state index in [2.05, 4.69) is 4.98 Å². The third kappa shape index (κ3) is 3.51. The van der Waals surface area contributed by atoms with Crippen LogP contribution in [0.2, 0.25) is 0 Å². The largest absolute Gasteiger partial charge is 0.481 e. The predicted octanol–water partition coefficient (Wildman–Crippen LogP) is 2.79. The zero-order valence-electron chi connectivity index (χ0n) is 11.1. The monoisotopic (exact) mass is 259 g/mol. The lowest BCUT2D eigenvalue weighted by Gasteiger charge is -2.09. The van der Waals surface area contributed by atoms with Gasteiger partial charge in [0.25, 0.3) is 0 Å². The number of carboxylic acids is 1. The molecule has 0 aliphatic carbocycles. The Labute approximate surface area is 112 Å². The first-order chi connectivity index (χ1) is 9.06. The lowest BCUT2D eigenvalue weighted by molar-refractivity contribution is -0.136. The number of carboxylic acid groups (broad SMARTS) is 1. The molecule has 0 saturated heterocycles. The van der Waals surface area contributed by atoms with Crippen molar-refractivity contribution in [2.24, 2.45) is 0 Å². The average Bonchev–Trinajstić information content (AvgIpc) is 2.36. The second-order valence-electron chi connectivity index (χ2n) is 4.78. The molecule has 1 aromatic carbocycles.